The number of amides is 1. The van der Waals surface area contributed by atoms with E-state index in [4.69, 9.17) is 11.6 Å². The Bertz CT molecular complexity index is 974. The Hall–Kier alpha value is -2.06. The van der Waals surface area contributed by atoms with Crippen LogP contribution in [0.2, 0.25) is 5.02 Å². The Morgan fingerprint density at radius 3 is 2.80 bits per heavy atom. The lowest BCUT2D eigenvalue weighted by Gasteiger charge is -2.36. The van der Waals surface area contributed by atoms with Crippen LogP contribution in [0.3, 0.4) is 0 Å². The molecule has 30 heavy (non-hydrogen) atoms. The third-order valence-corrected chi connectivity index (χ3v) is 6.15. The van der Waals surface area contributed by atoms with Crippen LogP contribution in [-0.4, -0.2) is 53.3 Å². The summed E-state index contributed by atoms with van der Waals surface area (Å²) < 4.78 is 40.9. The van der Waals surface area contributed by atoms with Crippen LogP contribution >= 0.6 is 11.6 Å². The molecule has 162 valence electrons. The zero-order valence-corrected chi connectivity index (χ0v) is 17.1. The highest BCUT2D eigenvalue weighted by Crippen LogP contribution is 2.39. The fourth-order valence-corrected chi connectivity index (χ4v) is 4.57. The van der Waals surface area contributed by atoms with E-state index in [1.54, 1.807) is 24.3 Å². The molecular weight excluding hydrogens is 419 g/mol. The number of alkyl halides is 3. The van der Waals surface area contributed by atoms with E-state index in [1.165, 1.54) is 0 Å². The zero-order chi connectivity index (χ0) is 21.5. The number of hydrogen-bond donors (Lipinski definition) is 2. The number of carbonyl (C=O) groups excluding carboxylic acids is 1. The Morgan fingerprint density at radius 1 is 1.30 bits per heavy atom. The van der Waals surface area contributed by atoms with E-state index in [0.717, 1.165) is 0 Å². The second-order valence-corrected chi connectivity index (χ2v) is 8.69. The molecule has 1 unspecified atom stereocenters. The number of carbonyl (C=O) groups is 1. The first-order valence-electron chi connectivity index (χ1n) is 10.0. The van der Waals surface area contributed by atoms with Crippen molar-refractivity contribution in [3.8, 4) is 0 Å². The first-order chi connectivity index (χ1) is 14.2. The molecule has 1 aliphatic carbocycles. The molecule has 2 atom stereocenters. The minimum absolute atomic E-state index is 0.171. The number of aromatic nitrogens is 1. The highest BCUT2D eigenvalue weighted by Gasteiger charge is 2.44. The number of benzene rings is 1. The fourth-order valence-electron chi connectivity index (χ4n) is 4.32. The predicted molar refractivity (Wildman–Crippen MR) is 109 cm³/mol. The molecule has 1 aliphatic heterocycles. The van der Waals surface area contributed by atoms with Crippen molar-refractivity contribution in [2.24, 2.45) is 0 Å². The number of aliphatic hydroxyl groups is 1. The molecule has 0 radical (unpaired) electrons. The maximum atomic E-state index is 13.7. The maximum Gasteiger partial charge on any atom is 0.253 e. The number of rotatable bonds is 4. The quantitative estimate of drug-likeness (QED) is 0.749. The molecule has 1 saturated heterocycles. The summed E-state index contributed by atoms with van der Waals surface area (Å²) in [5.74, 6) is -2.88. The second-order valence-electron chi connectivity index (χ2n) is 8.28. The first-order valence-corrected chi connectivity index (χ1v) is 10.4. The average molecular weight is 442 g/mol. The highest BCUT2D eigenvalue weighted by molar-refractivity contribution is 6.35. The van der Waals surface area contributed by atoms with Crippen molar-refractivity contribution in [2.45, 2.75) is 49.8 Å². The van der Waals surface area contributed by atoms with Crippen molar-refractivity contribution in [1.29, 1.82) is 0 Å². The summed E-state index contributed by atoms with van der Waals surface area (Å²) in [5.41, 5.74) is -0.963. The van der Waals surface area contributed by atoms with Crippen molar-refractivity contribution >= 4 is 34.2 Å². The SMILES string of the molecule is O=C(NCC1(O)CCCC(F)(F)C1)c1c(Cl)ccc2nc(N3CC[C@@H](F)C3)ccc12. The lowest BCUT2D eigenvalue weighted by Crippen LogP contribution is -2.49. The van der Waals surface area contributed by atoms with Crippen LogP contribution in [0.15, 0.2) is 24.3 Å². The van der Waals surface area contributed by atoms with Crippen LogP contribution in [0, 0.1) is 0 Å². The molecule has 0 bridgehead atoms. The van der Waals surface area contributed by atoms with Gasteiger partial charge in [0, 0.05) is 31.3 Å². The molecule has 2 aromatic rings. The Morgan fingerprint density at radius 2 is 2.10 bits per heavy atom. The van der Waals surface area contributed by atoms with Gasteiger partial charge in [0.15, 0.2) is 0 Å². The van der Waals surface area contributed by atoms with Gasteiger partial charge in [-0.1, -0.05) is 11.6 Å². The number of nitrogens with zero attached hydrogens (tertiary/aromatic N) is 2. The van der Waals surface area contributed by atoms with Gasteiger partial charge < -0.3 is 15.3 Å². The molecule has 5 nitrogen and oxygen atoms in total. The molecule has 2 fully saturated rings. The van der Waals surface area contributed by atoms with Gasteiger partial charge in [-0.2, -0.15) is 0 Å². The Balaban J connectivity index is 1.55. The number of pyridine rings is 1. The predicted octanol–water partition coefficient (Wildman–Crippen LogP) is 4.11. The number of fused-ring (bicyclic) bond motifs is 1. The summed E-state index contributed by atoms with van der Waals surface area (Å²) in [4.78, 5) is 19.2. The van der Waals surface area contributed by atoms with E-state index in [2.05, 4.69) is 10.3 Å². The molecule has 4 rings (SSSR count). The van der Waals surface area contributed by atoms with Crippen molar-refractivity contribution in [3.63, 3.8) is 0 Å². The summed E-state index contributed by atoms with van der Waals surface area (Å²) in [6.07, 6.45) is -0.977. The second kappa shape index (κ2) is 7.89. The number of halogens is 4. The molecule has 1 aromatic carbocycles. The molecular formula is C21H23ClF3N3O2. The van der Waals surface area contributed by atoms with Crippen LogP contribution in [0.4, 0.5) is 19.0 Å². The van der Waals surface area contributed by atoms with Crippen LogP contribution in [0.5, 0.6) is 0 Å². The highest BCUT2D eigenvalue weighted by atomic mass is 35.5. The number of hydrogen-bond acceptors (Lipinski definition) is 4. The Kier molecular flexibility index (Phi) is 5.57. The first kappa shape index (κ1) is 21.2. The molecule has 9 heteroatoms. The van der Waals surface area contributed by atoms with Crippen molar-refractivity contribution in [2.75, 3.05) is 24.5 Å². The molecule has 1 aromatic heterocycles. The zero-order valence-electron chi connectivity index (χ0n) is 16.3. The van der Waals surface area contributed by atoms with Gasteiger partial charge in [0.25, 0.3) is 11.8 Å². The summed E-state index contributed by atoms with van der Waals surface area (Å²) in [7, 11) is 0. The lowest BCUT2D eigenvalue weighted by molar-refractivity contribution is -0.121. The number of nitrogens with one attached hydrogen (secondary N) is 1. The van der Waals surface area contributed by atoms with Gasteiger partial charge in [-0.25, -0.2) is 18.2 Å². The third-order valence-electron chi connectivity index (χ3n) is 5.84. The largest absolute Gasteiger partial charge is 0.388 e. The smallest absolute Gasteiger partial charge is 0.253 e. The summed E-state index contributed by atoms with van der Waals surface area (Å²) in [6, 6.07) is 6.63. The van der Waals surface area contributed by atoms with Gasteiger partial charge in [-0.15, -0.1) is 0 Å². The van der Waals surface area contributed by atoms with E-state index < -0.39 is 30.0 Å². The fraction of sp³-hybridized carbons (Fsp3) is 0.524. The van der Waals surface area contributed by atoms with Crippen molar-refractivity contribution < 1.29 is 23.1 Å². The van der Waals surface area contributed by atoms with Crippen LogP contribution in [0.1, 0.15) is 42.5 Å². The molecule has 1 amide bonds. The minimum atomic E-state index is -2.94. The molecule has 1 saturated carbocycles. The van der Waals surface area contributed by atoms with Crippen LogP contribution in [0.25, 0.3) is 10.9 Å². The lowest BCUT2D eigenvalue weighted by atomic mass is 9.82. The molecule has 2 N–H and O–H groups in total. The molecule has 0 spiro atoms. The van der Waals surface area contributed by atoms with E-state index in [-0.39, 0.29) is 42.9 Å². The van der Waals surface area contributed by atoms with Gasteiger partial charge in [0.1, 0.15) is 12.0 Å². The third kappa shape index (κ3) is 4.34. The van der Waals surface area contributed by atoms with Gasteiger partial charge in [-0.05, 0) is 43.5 Å². The van der Waals surface area contributed by atoms with E-state index in [1.807, 2.05) is 4.90 Å². The minimum Gasteiger partial charge on any atom is -0.388 e. The Labute approximate surface area is 177 Å². The van der Waals surface area contributed by atoms with Gasteiger partial charge in [-0.3, -0.25) is 4.79 Å². The molecule has 2 aliphatic rings. The van der Waals surface area contributed by atoms with Crippen LogP contribution < -0.4 is 10.2 Å². The monoisotopic (exact) mass is 441 g/mol. The maximum absolute atomic E-state index is 13.7. The van der Waals surface area contributed by atoms with Gasteiger partial charge in [0.05, 0.1) is 28.2 Å². The average Bonchev–Trinajstić information content (AvgIpc) is 3.11. The van der Waals surface area contributed by atoms with E-state index in [0.29, 0.717) is 29.7 Å². The standard InChI is InChI=1S/C21H23ClF3N3O2/c22-15-3-4-16-14(2-5-17(27-16)28-9-6-13(23)10-28)18(15)19(29)26-12-20(30)7-1-8-21(24,25)11-20/h2-5,13,30H,1,6-12H2,(H,26,29)/t13-,20?/m1/s1. The van der Waals surface area contributed by atoms with Gasteiger partial charge >= 0.3 is 0 Å². The number of anilines is 1. The summed E-state index contributed by atoms with van der Waals surface area (Å²) in [5, 5.41) is 13.7. The normalized spacial score (nSPS) is 26.2. The van der Waals surface area contributed by atoms with E-state index in [9.17, 15) is 23.1 Å². The van der Waals surface area contributed by atoms with E-state index >= 15 is 0 Å². The van der Waals surface area contributed by atoms with Crippen LogP contribution in [-0.2, 0) is 0 Å². The van der Waals surface area contributed by atoms with Gasteiger partial charge in [0.2, 0.25) is 0 Å². The van der Waals surface area contributed by atoms with Crippen molar-refractivity contribution in [3.05, 3.63) is 34.9 Å². The molecule has 2 heterocycles. The summed E-state index contributed by atoms with van der Waals surface area (Å²) in [6.45, 7) is 0.567. The topological polar surface area (TPSA) is 65.5 Å². The summed E-state index contributed by atoms with van der Waals surface area (Å²) >= 11 is 6.25. The van der Waals surface area contributed by atoms with Crippen molar-refractivity contribution in [1.82, 2.24) is 10.3 Å².